The molecule has 0 radical (unpaired) electrons. The second-order valence-corrected chi connectivity index (χ2v) is 6.25. The number of aliphatic hydroxyl groups is 1. The molecule has 6 heteroatoms. The third-order valence-electron chi connectivity index (χ3n) is 4.56. The monoisotopic (exact) mass is 284 g/mol. The number of carbonyl (C=O) groups excluding carboxylic acids is 1. The SMILES string of the molecule is CC(C)C1CCN(C(=O)N2C[C@@H](O)C[C@H]2C(=O)O)CC1. The number of nitrogens with zero attached hydrogens (tertiary/aromatic N) is 2. The third kappa shape index (κ3) is 3.06. The summed E-state index contributed by atoms with van der Waals surface area (Å²) in [4.78, 5) is 26.6. The number of urea groups is 1. The van der Waals surface area contributed by atoms with Crippen molar-refractivity contribution < 1.29 is 19.8 Å². The number of carbonyl (C=O) groups is 2. The highest BCUT2D eigenvalue weighted by molar-refractivity contribution is 5.83. The summed E-state index contributed by atoms with van der Waals surface area (Å²) >= 11 is 0. The first-order valence-corrected chi connectivity index (χ1v) is 7.36. The third-order valence-corrected chi connectivity index (χ3v) is 4.56. The number of hydrogen-bond acceptors (Lipinski definition) is 3. The minimum absolute atomic E-state index is 0.125. The van der Waals surface area contributed by atoms with Gasteiger partial charge in [0.05, 0.1) is 6.10 Å². The molecule has 0 aromatic carbocycles. The first kappa shape index (κ1) is 15.1. The van der Waals surface area contributed by atoms with Crippen LogP contribution < -0.4 is 0 Å². The highest BCUT2D eigenvalue weighted by Crippen LogP contribution is 2.27. The van der Waals surface area contributed by atoms with Crippen molar-refractivity contribution >= 4 is 12.0 Å². The van der Waals surface area contributed by atoms with Gasteiger partial charge in [-0.1, -0.05) is 13.8 Å². The van der Waals surface area contributed by atoms with Crippen molar-refractivity contribution in [2.24, 2.45) is 11.8 Å². The Kier molecular flexibility index (Phi) is 4.52. The normalized spacial score (nSPS) is 28.2. The first-order chi connectivity index (χ1) is 9.40. The summed E-state index contributed by atoms with van der Waals surface area (Å²) < 4.78 is 0. The van der Waals surface area contributed by atoms with Crippen LogP contribution in [0.15, 0.2) is 0 Å². The highest BCUT2D eigenvalue weighted by Gasteiger charge is 2.41. The van der Waals surface area contributed by atoms with Crippen molar-refractivity contribution in [2.75, 3.05) is 19.6 Å². The van der Waals surface area contributed by atoms with Gasteiger partial charge in [0.1, 0.15) is 6.04 Å². The Labute approximate surface area is 119 Å². The molecule has 2 fully saturated rings. The van der Waals surface area contributed by atoms with Gasteiger partial charge in [-0.05, 0) is 24.7 Å². The minimum Gasteiger partial charge on any atom is -0.480 e. The number of β-amino-alcohol motifs (C(OH)–C–C–N with tert-alkyl or cyclic N) is 1. The minimum atomic E-state index is -1.04. The average molecular weight is 284 g/mol. The Hall–Kier alpha value is -1.30. The van der Waals surface area contributed by atoms with E-state index >= 15 is 0 Å². The van der Waals surface area contributed by atoms with Crippen molar-refractivity contribution in [2.45, 2.75) is 45.3 Å². The number of rotatable bonds is 2. The maximum absolute atomic E-state index is 12.4. The molecular weight excluding hydrogens is 260 g/mol. The molecule has 20 heavy (non-hydrogen) atoms. The molecule has 2 saturated heterocycles. The van der Waals surface area contributed by atoms with Crippen molar-refractivity contribution in [3.63, 3.8) is 0 Å². The van der Waals surface area contributed by atoms with Gasteiger partial charge in [-0.15, -0.1) is 0 Å². The lowest BCUT2D eigenvalue weighted by Gasteiger charge is -2.36. The van der Waals surface area contributed by atoms with Gasteiger partial charge in [0.15, 0.2) is 0 Å². The van der Waals surface area contributed by atoms with Crippen molar-refractivity contribution in [1.82, 2.24) is 9.80 Å². The van der Waals surface area contributed by atoms with E-state index in [4.69, 9.17) is 5.11 Å². The Morgan fingerprint density at radius 1 is 1.20 bits per heavy atom. The van der Waals surface area contributed by atoms with Gasteiger partial charge >= 0.3 is 12.0 Å². The van der Waals surface area contributed by atoms with Crippen molar-refractivity contribution in [1.29, 1.82) is 0 Å². The topological polar surface area (TPSA) is 81.1 Å². The van der Waals surface area contributed by atoms with Crippen LogP contribution in [0.5, 0.6) is 0 Å². The summed E-state index contributed by atoms with van der Waals surface area (Å²) in [6.07, 6.45) is 1.34. The van der Waals surface area contributed by atoms with Crippen LogP contribution in [-0.2, 0) is 4.79 Å². The molecule has 0 aliphatic carbocycles. The summed E-state index contributed by atoms with van der Waals surface area (Å²) in [6, 6.07) is -1.13. The Bertz CT molecular complexity index is 377. The van der Waals surface area contributed by atoms with Crippen LogP contribution in [0.3, 0.4) is 0 Å². The molecule has 0 unspecified atom stereocenters. The zero-order chi connectivity index (χ0) is 14.9. The van der Waals surface area contributed by atoms with E-state index in [2.05, 4.69) is 13.8 Å². The number of hydrogen-bond donors (Lipinski definition) is 2. The predicted molar refractivity (Wildman–Crippen MR) is 73.3 cm³/mol. The second kappa shape index (κ2) is 5.99. The van der Waals surface area contributed by atoms with Gasteiger partial charge < -0.3 is 20.0 Å². The quantitative estimate of drug-likeness (QED) is 0.792. The molecule has 2 heterocycles. The molecule has 2 N–H and O–H groups in total. The van der Waals surface area contributed by atoms with Crippen LogP contribution in [-0.4, -0.2) is 63.8 Å². The fraction of sp³-hybridized carbons (Fsp3) is 0.857. The van der Waals surface area contributed by atoms with Gasteiger partial charge in [0.2, 0.25) is 0 Å². The number of piperidine rings is 1. The highest BCUT2D eigenvalue weighted by atomic mass is 16.4. The van der Waals surface area contributed by atoms with Gasteiger partial charge in [0, 0.05) is 26.1 Å². The molecule has 2 rings (SSSR count). The molecule has 0 aromatic rings. The first-order valence-electron chi connectivity index (χ1n) is 7.36. The van der Waals surface area contributed by atoms with Gasteiger partial charge in [-0.25, -0.2) is 9.59 Å². The molecule has 2 amide bonds. The summed E-state index contributed by atoms with van der Waals surface area (Å²) in [7, 11) is 0. The zero-order valence-electron chi connectivity index (χ0n) is 12.2. The maximum atomic E-state index is 12.4. The van der Waals surface area contributed by atoms with Crippen molar-refractivity contribution in [3.8, 4) is 0 Å². The molecule has 2 aliphatic heterocycles. The van der Waals surface area contributed by atoms with E-state index < -0.39 is 18.1 Å². The number of amides is 2. The van der Waals surface area contributed by atoms with E-state index in [0.29, 0.717) is 24.9 Å². The smallest absolute Gasteiger partial charge is 0.326 e. The molecule has 0 aromatic heterocycles. The van der Waals surface area contributed by atoms with E-state index in [1.807, 2.05) is 0 Å². The molecule has 6 nitrogen and oxygen atoms in total. The molecule has 114 valence electrons. The standard InChI is InChI=1S/C14H24N2O4/c1-9(2)10-3-5-15(6-4-10)14(20)16-8-11(17)7-12(16)13(18)19/h9-12,17H,3-8H2,1-2H3,(H,18,19)/t11-,12-/m0/s1. The molecule has 2 atom stereocenters. The van der Waals surface area contributed by atoms with Crippen LogP contribution in [0, 0.1) is 11.8 Å². The average Bonchev–Trinajstić information content (AvgIpc) is 2.80. The lowest BCUT2D eigenvalue weighted by atomic mass is 9.87. The summed E-state index contributed by atoms with van der Waals surface area (Å²) in [5.74, 6) is 0.220. The van der Waals surface area contributed by atoms with Gasteiger partial charge in [-0.3, -0.25) is 0 Å². The van der Waals surface area contributed by atoms with E-state index in [1.165, 1.54) is 4.90 Å². The Balaban J connectivity index is 1.96. The summed E-state index contributed by atoms with van der Waals surface area (Å²) in [5.41, 5.74) is 0. The number of carboxylic acids is 1. The molecule has 0 spiro atoms. The van der Waals surface area contributed by atoms with Gasteiger partial charge in [-0.2, -0.15) is 0 Å². The lowest BCUT2D eigenvalue weighted by Crippen LogP contribution is -2.50. The van der Waals surface area contributed by atoms with E-state index in [9.17, 15) is 14.7 Å². The number of likely N-dealkylation sites (tertiary alicyclic amines) is 2. The Morgan fingerprint density at radius 2 is 1.80 bits per heavy atom. The van der Waals surface area contributed by atoms with E-state index in [1.54, 1.807) is 4.90 Å². The lowest BCUT2D eigenvalue weighted by molar-refractivity contribution is -0.141. The molecule has 2 aliphatic rings. The number of carboxylic acid groups (broad SMARTS) is 1. The van der Waals surface area contributed by atoms with Crippen LogP contribution in [0.25, 0.3) is 0 Å². The van der Waals surface area contributed by atoms with Crippen LogP contribution in [0.1, 0.15) is 33.1 Å². The van der Waals surface area contributed by atoms with E-state index in [-0.39, 0.29) is 19.0 Å². The van der Waals surface area contributed by atoms with Crippen LogP contribution in [0.4, 0.5) is 4.79 Å². The van der Waals surface area contributed by atoms with Gasteiger partial charge in [0.25, 0.3) is 0 Å². The number of aliphatic hydroxyl groups excluding tert-OH is 1. The summed E-state index contributed by atoms with van der Waals surface area (Å²) in [6.45, 7) is 5.88. The summed E-state index contributed by atoms with van der Waals surface area (Å²) in [5, 5.41) is 18.7. The second-order valence-electron chi connectivity index (χ2n) is 6.25. The zero-order valence-corrected chi connectivity index (χ0v) is 12.2. The fourth-order valence-electron chi connectivity index (χ4n) is 3.20. The number of aliphatic carboxylic acids is 1. The molecule has 0 bridgehead atoms. The predicted octanol–water partition coefficient (Wildman–Crippen LogP) is 0.994. The van der Waals surface area contributed by atoms with Crippen LogP contribution in [0.2, 0.25) is 0 Å². The largest absolute Gasteiger partial charge is 0.480 e. The van der Waals surface area contributed by atoms with E-state index in [0.717, 1.165) is 12.8 Å². The Morgan fingerprint density at radius 3 is 2.30 bits per heavy atom. The molecular formula is C14H24N2O4. The van der Waals surface area contributed by atoms with Crippen molar-refractivity contribution in [3.05, 3.63) is 0 Å². The fourth-order valence-corrected chi connectivity index (χ4v) is 3.20. The molecule has 0 saturated carbocycles. The maximum Gasteiger partial charge on any atom is 0.326 e. The van der Waals surface area contributed by atoms with Crippen LogP contribution >= 0.6 is 0 Å².